The highest BCUT2D eigenvalue weighted by molar-refractivity contribution is 5.82. The van der Waals surface area contributed by atoms with E-state index in [0.717, 1.165) is 25.7 Å². The molecule has 0 saturated carbocycles. The van der Waals surface area contributed by atoms with Crippen LogP contribution in [0.2, 0.25) is 0 Å². The van der Waals surface area contributed by atoms with Gasteiger partial charge >= 0.3 is 0 Å². The highest BCUT2D eigenvalue weighted by Gasteiger charge is 2.34. The quantitative estimate of drug-likeness (QED) is 0.428. The van der Waals surface area contributed by atoms with Crippen molar-refractivity contribution in [3.63, 3.8) is 0 Å². The molecule has 0 radical (unpaired) electrons. The molecule has 8 rings (SSSR count). The first kappa shape index (κ1) is 23.9. The molecule has 6 aliphatic rings. The summed E-state index contributed by atoms with van der Waals surface area (Å²) in [5, 5.41) is 5.75. The lowest BCUT2D eigenvalue weighted by molar-refractivity contribution is 0.551. The van der Waals surface area contributed by atoms with Crippen LogP contribution in [0.5, 0.6) is 0 Å². The van der Waals surface area contributed by atoms with Crippen LogP contribution >= 0.6 is 0 Å². The zero-order chi connectivity index (χ0) is 26.5. The maximum atomic E-state index is 2.48. The lowest BCUT2D eigenvalue weighted by atomic mass is 9.67. The van der Waals surface area contributed by atoms with E-state index in [1.807, 2.05) is 0 Å². The number of benzene rings is 2. The van der Waals surface area contributed by atoms with Gasteiger partial charge in [0.1, 0.15) is 0 Å². The van der Waals surface area contributed by atoms with Gasteiger partial charge in [0, 0.05) is 11.8 Å². The van der Waals surface area contributed by atoms with Crippen molar-refractivity contribution in [2.45, 2.75) is 44.9 Å². The monoisotopic (exact) mass is 516 g/mol. The third-order valence-corrected chi connectivity index (χ3v) is 9.99. The van der Waals surface area contributed by atoms with Crippen molar-refractivity contribution in [1.29, 1.82) is 0 Å². The van der Waals surface area contributed by atoms with Gasteiger partial charge in [-0.3, -0.25) is 0 Å². The van der Waals surface area contributed by atoms with Crippen molar-refractivity contribution >= 4 is 22.8 Å². The highest BCUT2D eigenvalue weighted by atomic mass is 14.4. The fourth-order valence-corrected chi connectivity index (χ4v) is 8.11. The maximum Gasteiger partial charge on any atom is 0.0134 e. The Labute approximate surface area is 237 Å². The Kier molecular flexibility index (Phi) is 5.95. The Morgan fingerprint density at radius 2 is 1.27 bits per heavy atom. The average Bonchev–Trinajstić information content (AvgIpc) is 3.03. The van der Waals surface area contributed by atoms with E-state index in [2.05, 4.69) is 115 Å². The van der Waals surface area contributed by atoms with E-state index in [1.165, 1.54) is 56.9 Å². The molecule has 0 bridgehead atoms. The first-order valence-corrected chi connectivity index (χ1v) is 15.3. The van der Waals surface area contributed by atoms with Crippen LogP contribution in [0.3, 0.4) is 0 Å². The molecule has 6 aliphatic carbocycles. The summed E-state index contributed by atoms with van der Waals surface area (Å²) in [6.45, 7) is 0. The van der Waals surface area contributed by atoms with Gasteiger partial charge in [-0.25, -0.2) is 0 Å². The summed E-state index contributed by atoms with van der Waals surface area (Å²) in [6, 6.07) is 18.2. The van der Waals surface area contributed by atoms with Gasteiger partial charge in [-0.15, -0.1) is 0 Å². The minimum Gasteiger partial charge on any atom is -0.0842 e. The predicted octanol–water partition coefficient (Wildman–Crippen LogP) is 6.65. The van der Waals surface area contributed by atoms with E-state index in [-0.39, 0.29) is 0 Å². The first-order valence-electron chi connectivity index (χ1n) is 15.3. The molecule has 0 heteroatoms. The van der Waals surface area contributed by atoms with Crippen LogP contribution < -0.4 is 20.9 Å². The van der Waals surface area contributed by atoms with Gasteiger partial charge in [-0.05, 0) is 111 Å². The smallest absolute Gasteiger partial charge is 0.0134 e. The molecule has 0 fully saturated rings. The molecule has 0 amide bonds. The van der Waals surface area contributed by atoms with Crippen molar-refractivity contribution < 1.29 is 0 Å². The molecular formula is C40H36. The van der Waals surface area contributed by atoms with E-state index in [1.54, 1.807) is 22.3 Å². The maximum absolute atomic E-state index is 2.48. The van der Waals surface area contributed by atoms with Gasteiger partial charge in [0.15, 0.2) is 0 Å². The standard InChI is InChI=1S/C40H36/c1-2-12-31-26-32(25-20-27(31)10-1)40-37-17-7-5-15-35(37)39(36-16-6-8-18-38(36)40)30-23-21-29(22-24-30)34-19-9-13-28-11-3-4-14-33(28)34/h1,3-8,10-11,13-18,20-21,23,25,31,35,37H,2,9,12,19,22,24,26H2. The Morgan fingerprint density at radius 1 is 0.600 bits per heavy atom. The molecule has 0 spiro atoms. The van der Waals surface area contributed by atoms with Gasteiger partial charge in [-0.1, -0.05) is 115 Å². The van der Waals surface area contributed by atoms with Crippen molar-refractivity contribution in [1.82, 2.24) is 0 Å². The number of allylic oxidation sites excluding steroid dienone is 14. The van der Waals surface area contributed by atoms with Gasteiger partial charge in [0.25, 0.3) is 0 Å². The van der Waals surface area contributed by atoms with Gasteiger partial charge < -0.3 is 0 Å². The number of hydrogen-bond donors (Lipinski definition) is 0. The van der Waals surface area contributed by atoms with Crippen LogP contribution in [0.1, 0.15) is 44.9 Å². The molecule has 0 saturated heterocycles. The van der Waals surface area contributed by atoms with Gasteiger partial charge in [0.05, 0.1) is 0 Å². The van der Waals surface area contributed by atoms with E-state index < -0.39 is 0 Å². The van der Waals surface area contributed by atoms with E-state index in [4.69, 9.17) is 0 Å². The largest absolute Gasteiger partial charge is 0.0842 e. The molecular weight excluding hydrogens is 480 g/mol. The lowest BCUT2D eigenvalue weighted by Crippen LogP contribution is -2.41. The highest BCUT2D eigenvalue weighted by Crippen LogP contribution is 2.45. The van der Waals surface area contributed by atoms with Crippen molar-refractivity contribution in [3.8, 4) is 0 Å². The summed E-state index contributed by atoms with van der Waals surface area (Å²) >= 11 is 0. The summed E-state index contributed by atoms with van der Waals surface area (Å²) in [4.78, 5) is 0. The Bertz CT molecular complexity index is 1870. The van der Waals surface area contributed by atoms with Crippen molar-refractivity contribution in [3.05, 3.63) is 152 Å². The summed E-state index contributed by atoms with van der Waals surface area (Å²) in [5.41, 5.74) is 10.8. The molecule has 3 unspecified atom stereocenters. The Hall–Kier alpha value is -3.90. The van der Waals surface area contributed by atoms with Crippen molar-refractivity contribution in [2.75, 3.05) is 0 Å². The van der Waals surface area contributed by atoms with Crippen LogP contribution in [0.15, 0.2) is 132 Å². The van der Waals surface area contributed by atoms with Crippen LogP contribution in [-0.2, 0) is 0 Å². The van der Waals surface area contributed by atoms with Crippen LogP contribution in [0, 0.1) is 17.8 Å². The minimum atomic E-state index is 0.395. The zero-order valence-corrected chi connectivity index (χ0v) is 23.2. The van der Waals surface area contributed by atoms with E-state index in [9.17, 15) is 0 Å². The molecule has 0 aliphatic heterocycles. The first-order chi connectivity index (χ1) is 19.8. The molecule has 2 aromatic rings. The molecule has 196 valence electrons. The second-order valence-corrected chi connectivity index (χ2v) is 12.1. The number of rotatable bonds is 3. The van der Waals surface area contributed by atoms with E-state index >= 15 is 0 Å². The molecule has 0 N–H and O–H groups in total. The average molecular weight is 517 g/mol. The minimum absolute atomic E-state index is 0.395. The fraction of sp³-hybridized carbons (Fsp3) is 0.250. The van der Waals surface area contributed by atoms with E-state index in [0.29, 0.717) is 17.8 Å². The zero-order valence-electron chi connectivity index (χ0n) is 23.2. The number of fused-ring (bicyclic) bond motifs is 4. The second-order valence-electron chi connectivity index (χ2n) is 12.1. The molecule has 3 atom stereocenters. The summed E-state index contributed by atoms with van der Waals surface area (Å²) in [5.74, 6) is 1.46. The Morgan fingerprint density at radius 3 is 2.05 bits per heavy atom. The summed E-state index contributed by atoms with van der Waals surface area (Å²) in [7, 11) is 0. The SMILES string of the molecule is C1=CC2C(C3=CC=C(C4=c5ccccc5=CCC4)CC3)=c3ccccc3=C(C3=CC=C4C=CCCC4C3)C2C=C1. The van der Waals surface area contributed by atoms with Gasteiger partial charge in [0.2, 0.25) is 0 Å². The topological polar surface area (TPSA) is 0 Å². The predicted molar refractivity (Wildman–Crippen MR) is 169 cm³/mol. The normalized spacial score (nSPS) is 26.4. The number of hydrogen-bond acceptors (Lipinski definition) is 0. The summed E-state index contributed by atoms with van der Waals surface area (Å²) in [6.07, 6.45) is 34.6. The van der Waals surface area contributed by atoms with Crippen LogP contribution in [-0.4, -0.2) is 0 Å². The molecule has 0 heterocycles. The third kappa shape index (κ3) is 3.96. The second kappa shape index (κ2) is 9.93. The molecule has 2 aromatic carbocycles. The third-order valence-electron chi connectivity index (χ3n) is 9.99. The molecule has 0 nitrogen and oxygen atoms in total. The lowest BCUT2D eigenvalue weighted by Gasteiger charge is -2.37. The Balaban J connectivity index is 1.29. The van der Waals surface area contributed by atoms with Gasteiger partial charge in [-0.2, -0.15) is 0 Å². The van der Waals surface area contributed by atoms with Crippen molar-refractivity contribution in [2.24, 2.45) is 17.8 Å². The van der Waals surface area contributed by atoms with Crippen LogP contribution in [0.25, 0.3) is 22.8 Å². The summed E-state index contributed by atoms with van der Waals surface area (Å²) < 4.78 is 0. The molecule has 0 aromatic heterocycles. The molecule has 40 heavy (non-hydrogen) atoms. The fourth-order valence-electron chi connectivity index (χ4n) is 8.11. The van der Waals surface area contributed by atoms with Crippen LogP contribution in [0.4, 0.5) is 0 Å².